The number of benzene rings is 1. The first kappa shape index (κ1) is 17.2. The van der Waals surface area contributed by atoms with Crippen molar-refractivity contribution in [2.75, 3.05) is 5.01 Å². The van der Waals surface area contributed by atoms with Gasteiger partial charge in [-0.25, -0.2) is 9.80 Å². The van der Waals surface area contributed by atoms with Gasteiger partial charge in [-0.15, -0.1) is 0 Å². The van der Waals surface area contributed by atoms with Gasteiger partial charge in [0.05, 0.1) is 17.4 Å². The first-order valence-corrected chi connectivity index (χ1v) is 7.97. The zero-order valence-electron chi connectivity index (χ0n) is 14.1. The van der Waals surface area contributed by atoms with Crippen LogP contribution in [-0.2, 0) is 4.74 Å². The van der Waals surface area contributed by atoms with Crippen LogP contribution in [0.5, 0.6) is 0 Å². The van der Waals surface area contributed by atoms with Gasteiger partial charge < -0.3 is 10.5 Å². The highest BCUT2D eigenvalue weighted by atomic mass is 16.5. The molecular weight excluding hydrogens is 290 g/mol. The average Bonchev–Trinajstić information content (AvgIpc) is 2.52. The van der Waals surface area contributed by atoms with Gasteiger partial charge >= 0.3 is 5.97 Å². The standard InChI is InChI=1S/C18H25N3O2/c1-12(2)23-18(22)14-7-5-8-15(11-14)21(20-4)17-10-6-9-16(19)13(17)3/h5,7-8,11-12,16H,4,6,9-10,19H2,1-3H3/t16-/m1/s1. The van der Waals surface area contributed by atoms with E-state index in [0.717, 1.165) is 36.2 Å². The number of nitrogens with zero attached hydrogens (tertiary/aromatic N) is 2. The zero-order valence-corrected chi connectivity index (χ0v) is 14.1. The number of carbonyl (C=O) groups is 1. The molecule has 0 unspecified atom stereocenters. The molecule has 0 heterocycles. The highest BCUT2D eigenvalue weighted by Gasteiger charge is 2.22. The van der Waals surface area contributed by atoms with Crippen LogP contribution in [0, 0.1) is 0 Å². The van der Waals surface area contributed by atoms with Crippen LogP contribution in [0.25, 0.3) is 0 Å². The van der Waals surface area contributed by atoms with Gasteiger partial charge in [0.2, 0.25) is 0 Å². The first-order valence-electron chi connectivity index (χ1n) is 7.97. The SMILES string of the molecule is C=NN(C1=C(C)[C@H](N)CCC1)c1cccc(C(=O)OC(C)C)c1. The van der Waals surface area contributed by atoms with Gasteiger partial charge in [0.1, 0.15) is 0 Å². The maximum atomic E-state index is 12.1. The van der Waals surface area contributed by atoms with Crippen molar-refractivity contribution in [3.05, 3.63) is 41.1 Å². The third-order valence-electron chi connectivity index (χ3n) is 4.01. The predicted octanol–water partition coefficient (Wildman–Crippen LogP) is 3.46. The molecule has 0 radical (unpaired) electrons. The third-order valence-corrected chi connectivity index (χ3v) is 4.01. The molecule has 0 amide bonds. The van der Waals surface area contributed by atoms with Crippen LogP contribution in [0.4, 0.5) is 5.69 Å². The number of hydrogen-bond donors (Lipinski definition) is 1. The van der Waals surface area contributed by atoms with Gasteiger partial charge in [-0.2, -0.15) is 5.10 Å². The molecule has 0 aliphatic heterocycles. The fourth-order valence-electron chi connectivity index (χ4n) is 2.76. The van der Waals surface area contributed by atoms with E-state index in [1.54, 1.807) is 17.1 Å². The van der Waals surface area contributed by atoms with E-state index in [1.807, 2.05) is 32.9 Å². The lowest BCUT2D eigenvalue weighted by atomic mass is 9.92. The molecule has 1 aromatic carbocycles. The number of ether oxygens (including phenoxy) is 1. The van der Waals surface area contributed by atoms with Crippen molar-refractivity contribution in [2.45, 2.75) is 52.2 Å². The highest BCUT2D eigenvalue weighted by molar-refractivity contribution is 5.90. The van der Waals surface area contributed by atoms with Crippen LogP contribution in [0.15, 0.2) is 40.6 Å². The molecule has 0 aromatic heterocycles. The Kier molecular flexibility index (Phi) is 5.55. The fourth-order valence-corrected chi connectivity index (χ4v) is 2.76. The minimum Gasteiger partial charge on any atom is -0.459 e. The zero-order chi connectivity index (χ0) is 17.0. The molecule has 1 aliphatic rings. The van der Waals surface area contributed by atoms with Gasteiger partial charge in [0.15, 0.2) is 0 Å². The Morgan fingerprint density at radius 1 is 1.48 bits per heavy atom. The monoisotopic (exact) mass is 315 g/mol. The van der Waals surface area contributed by atoms with Crippen molar-refractivity contribution >= 4 is 18.4 Å². The second-order valence-electron chi connectivity index (χ2n) is 6.09. The molecule has 5 nitrogen and oxygen atoms in total. The molecule has 1 aromatic rings. The smallest absolute Gasteiger partial charge is 0.338 e. The van der Waals surface area contributed by atoms with E-state index in [9.17, 15) is 4.79 Å². The summed E-state index contributed by atoms with van der Waals surface area (Å²) in [6, 6.07) is 7.30. The van der Waals surface area contributed by atoms with E-state index in [2.05, 4.69) is 11.8 Å². The number of allylic oxidation sites excluding steroid dienone is 1. The topological polar surface area (TPSA) is 67.9 Å². The number of anilines is 1. The van der Waals surface area contributed by atoms with Crippen molar-refractivity contribution in [3.8, 4) is 0 Å². The molecule has 0 fully saturated rings. The molecule has 2 rings (SSSR count). The predicted molar refractivity (Wildman–Crippen MR) is 93.5 cm³/mol. The molecular formula is C18H25N3O2. The summed E-state index contributed by atoms with van der Waals surface area (Å²) in [5, 5.41) is 5.92. The lowest BCUT2D eigenvalue weighted by Gasteiger charge is -2.30. The van der Waals surface area contributed by atoms with Crippen LogP contribution in [-0.4, -0.2) is 24.8 Å². The summed E-state index contributed by atoms with van der Waals surface area (Å²) < 4.78 is 5.25. The minimum absolute atomic E-state index is 0.0529. The normalized spacial score (nSPS) is 18.0. The number of hydrogen-bond acceptors (Lipinski definition) is 5. The molecule has 0 bridgehead atoms. The summed E-state index contributed by atoms with van der Waals surface area (Å²) in [5.74, 6) is -0.336. The summed E-state index contributed by atoms with van der Waals surface area (Å²) in [7, 11) is 0. The molecule has 2 N–H and O–H groups in total. The Balaban J connectivity index is 2.34. The van der Waals surface area contributed by atoms with Crippen molar-refractivity contribution in [1.29, 1.82) is 0 Å². The van der Waals surface area contributed by atoms with E-state index in [0.29, 0.717) is 5.56 Å². The van der Waals surface area contributed by atoms with Crippen molar-refractivity contribution in [1.82, 2.24) is 0 Å². The van der Waals surface area contributed by atoms with Crippen molar-refractivity contribution in [3.63, 3.8) is 0 Å². The van der Waals surface area contributed by atoms with E-state index in [1.165, 1.54) is 0 Å². The number of rotatable bonds is 5. The van der Waals surface area contributed by atoms with Crippen LogP contribution in [0.1, 0.15) is 50.4 Å². The lowest BCUT2D eigenvalue weighted by molar-refractivity contribution is 0.0378. The van der Waals surface area contributed by atoms with E-state index in [-0.39, 0.29) is 18.1 Å². The van der Waals surface area contributed by atoms with Crippen LogP contribution in [0.2, 0.25) is 0 Å². The van der Waals surface area contributed by atoms with Crippen LogP contribution in [0.3, 0.4) is 0 Å². The summed E-state index contributed by atoms with van der Waals surface area (Å²) >= 11 is 0. The minimum atomic E-state index is -0.336. The van der Waals surface area contributed by atoms with Gasteiger partial charge in [-0.1, -0.05) is 6.07 Å². The van der Waals surface area contributed by atoms with E-state index >= 15 is 0 Å². The van der Waals surface area contributed by atoms with Gasteiger partial charge in [-0.05, 0) is 63.8 Å². The maximum Gasteiger partial charge on any atom is 0.338 e. The Morgan fingerprint density at radius 2 is 2.22 bits per heavy atom. The fraction of sp³-hybridized carbons (Fsp3) is 0.444. The van der Waals surface area contributed by atoms with Gasteiger partial charge in [-0.3, -0.25) is 0 Å². The highest BCUT2D eigenvalue weighted by Crippen LogP contribution is 2.31. The summed E-state index contributed by atoms with van der Waals surface area (Å²) in [6.45, 7) is 9.38. The number of carbonyl (C=O) groups excluding carboxylic acids is 1. The van der Waals surface area contributed by atoms with Gasteiger partial charge in [0, 0.05) is 18.5 Å². The first-order chi connectivity index (χ1) is 10.9. The number of esters is 1. The summed E-state index contributed by atoms with van der Waals surface area (Å²) in [5.41, 5.74) is 9.63. The Hall–Kier alpha value is -2.14. The molecule has 0 saturated heterocycles. The molecule has 0 saturated carbocycles. The second-order valence-corrected chi connectivity index (χ2v) is 6.09. The molecule has 5 heteroatoms. The van der Waals surface area contributed by atoms with E-state index in [4.69, 9.17) is 10.5 Å². The number of nitrogens with two attached hydrogens (primary N) is 1. The molecule has 1 aliphatic carbocycles. The number of hydrazone groups is 1. The van der Waals surface area contributed by atoms with Gasteiger partial charge in [0.25, 0.3) is 0 Å². The lowest BCUT2D eigenvalue weighted by Crippen LogP contribution is -2.30. The average molecular weight is 315 g/mol. The van der Waals surface area contributed by atoms with Crippen molar-refractivity contribution in [2.24, 2.45) is 10.8 Å². The summed E-state index contributed by atoms with van der Waals surface area (Å²) in [4.78, 5) is 12.1. The largest absolute Gasteiger partial charge is 0.459 e. The maximum absolute atomic E-state index is 12.1. The Labute approximate surface area is 137 Å². The van der Waals surface area contributed by atoms with E-state index < -0.39 is 0 Å². The van der Waals surface area contributed by atoms with Crippen LogP contribution < -0.4 is 10.7 Å². The Bertz CT molecular complexity index is 622. The molecule has 1 atom stereocenters. The third kappa shape index (κ3) is 3.99. The quantitative estimate of drug-likeness (QED) is 0.513. The molecule has 23 heavy (non-hydrogen) atoms. The second kappa shape index (κ2) is 7.42. The van der Waals surface area contributed by atoms with Crippen molar-refractivity contribution < 1.29 is 9.53 Å². The Morgan fingerprint density at radius 3 is 2.87 bits per heavy atom. The molecule has 124 valence electrons. The summed E-state index contributed by atoms with van der Waals surface area (Å²) in [6.07, 6.45) is 2.76. The molecule has 0 spiro atoms. The van der Waals surface area contributed by atoms with Crippen LogP contribution >= 0.6 is 0 Å².